The van der Waals surface area contributed by atoms with Crippen LogP contribution in [0.5, 0.6) is 5.75 Å². The molecule has 1 rings (SSSR count). The van der Waals surface area contributed by atoms with Gasteiger partial charge in [0.2, 0.25) is 0 Å². The summed E-state index contributed by atoms with van der Waals surface area (Å²) < 4.78 is 5.51. The van der Waals surface area contributed by atoms with Crippen LogP contribution in [0.2, 0.25) is 0 Å². The predicted octanol–water partition coefficient (Wildman–Crippen LogP) is 1.14. The summed E-state index contributed by atoms with van der Waals surface area (Å²) in [5.41, 5.74) is 3.18. The number of rotatable bonds is 4. The minimum absolute atomic E-state index is 0.306. The lowest BCUT2D eigenvalue weighted by atomic mass is 10.2. The van der Waals surface area contributed by atoms with Crippen molar-refractivity contribution < 1.29 is 9.53 Å². The molecule has 0 saturated heterocycles. The standard InChI is InChI=1S/C11H16N2O2/c1-3-10(11(14)13-12)15-9-6-4-5-8(2)7-9/h4-7,10H,3,12H2,1-2H3,(H,13,14). The number of ether oxygens (including phenoxy) is 1. The number of aryl methyl sites for hydroxylation is 1. The molecule has 0 fully saturated rings. The summed E-state index contributed by atoms with van der Waals surface area (Å²) in [6.07, 6.45) is 0.0496. The number of benzene rings is 1. The third-order valence-corrected chi connectivity index (χ3v) is 2.07. The zero-order valence-electron chi connectivity index (χ0n) is 8.99. The van der Waals surface area contributed by atoms with Gasteiger partial charge >= 0.3 is 0 Å². The summed E-state index contributed by atoms with van der Waals surface area (Å²) in [6, 6.07) is 7.56. The van der Waals surface area contributed by atoms with Crippen molar-refractivity contribution in [2.24, 2.45) is 5.84 Å². The van der Waals surface area contributed by atoms with Crippen molar-refractivity contribution in [1.29, 1.82) is 0 Å². The Balaban J connectivity index is 2.70. The minimum atomic E-state index is -0.531. The Bertz CT molecular complexity index is 339. The highest BCUT2D eigenvalue weighted by molar-refractivity contribution is 5.80. The van der Waals surface area contributed by atoms with Crippen molar-refractivity contribution in [2.75, 3.05) is 0 Å². The Labute approximate surface area is 89.4 Å². The van der Waals surface area contributed by atoms with Crippen molar-refractivity contribution in [2.45, 2.75) is 26.4 Å². The summed E-state index contributed by atoms with van der Waals surface area (Å²) >= 11 is 0. The number of nitrogens with one attached hydrogen (secondary N) is 1. The number of nitrogens with two attached hydrogens (primary N) is 1. The van der Waals surface area contributed by atoms with Crippen LogP contribution < -0.4 is 16.0 Å². The predicted molar refractivity (Wildman–Crippen MR) is 58.2 cm³/mol. The summed E-state index contributed by atoms with van der Waals surface area (Å²) in [5, 5.41) is 0. The lowest BCUT2D eigenvalue weighted by Crippen LogP contribution is -2.41. The highest BCUT2D eigenvalue weighted by Crippen LogP contribution is 2.15. The third kappa shape index (κ3) is 3.25. The van der Waals surface area contributed by atoms with Gasteiger partial charge in [-0.15, -0.1) is 0 Å². The SMILES string of the molecule is CCC(Oc1cccc(C)c1)C(=O)NN. The molecule has 3 N–H and O–H groups in total. The largest absolute Gasteiger partial charge is 0.481 e. The van der Waals surface area contributed by atoms with Crippen molar-refractivity contribution in [1.82, 2.24) is 5.43 Å². The molecule has 0 spiro atoms. The van der Waals surface area contributed by atoms with Crippen LogP contribution in [0.3, 0.4) is 0 Å². The van der Waals surface area contributed by atoms with Gasteiger partial charge in [0.1, 0.15) is 5.75 Å². The van der Waals surface area contributed by atoms with Gasteiger partial charge in [-0.2, -0.15) is 0 Å². The van der Waals surface area contributed by atoms with Crippen LogP contribution in [0.1, 0.15) is 18.9 Å². The van der Waals surface area contributed by atoms with E-state index in [0.717, 1.165) is 5.56 Å². The number of hydrogen-bond acceptors (Lipinski definition) is 3. The summed E-state index contributed by atoms with van der Waals surface area (Å²) in [5.74, 6) is 5.43. The Hall–Kier alpha value is -1.55. The maximum Gasteiger partial charge on any atom is 0.274 e. The average molecular weight is 208 g/mol. The average Bonchev–Trinajstić information content (AvgIpc) is 2.25. The van der Waals surface area contributed by atoms with E-state index >= 15 is 0 Å². The molecule has 82 valence electrons. The number of hydrogen-bond donors (Lipinski definition) is 2. The second-order valence-corrected chi connectivity index (χ2v) is 3.34. The molecular weight excluding hydrogens is 192 g/mol. The molecule has 0 aromatic heterocycles. The molecule has 15 heavy (non-hydrogen) atoms. The highest BCUT2D eigenvalue weighted by atomic mass is 16.5. The lowest BCUT2D eigenvalue weighted by Gasteiger charge is -2.15. The van der Waals surface area contributed by atoms with Crippen LogP contribution >= 0.6 is 0 Å². The monoisotopic (exact) mass is 208 g/mol. The van der Waals surface area contributed by atoms with E-state index in [9.17, 15) is 4.79 Å². The first-order valence-corrected chi connectivity index (χ1v) is 4.91. The van der Waals surface area contributed by atoms with Gasteiger partial charge in [0.15, 0.2) is 6.10 Å². The van der Waals surface area contributed by atoms with Crippen molar-refractivity contribution >= 4 is 5.91 Å². The van der Waals surface area contributed by atoms with E-state index < -0.39 is 6.10 Å². The van der Waals surface area contributed by atoms with E-state index in [-0.39, 0.29) is 5.91 Å². The first kappa shape index (κ1) is 11.5. The molecule has 0 aliphatic heterocycles. The van der Waals surface area contributed by atoms with Crippen LogP contribution in [0.4, 0.5) is 0 Å². The van der Waals surface area contributed by atoms with E-state index in [2.05, 4.69) is 5.43 Å². The molecule has 1 amide bonds. The second-order valence-electron chi connectivity index (χ2n) is 3.34. The van der Waals surface area contributed by atoms with Gasteiger partial charge in [-0.05, 0) is 31.0 Å². The van der Waals surface area contributed by atoms with E-state index in [1.165, 1.54) is 0 Å². The van der Waals surface area contributed by atoms with Gasteiger partial charge in [-0.25, -0.2) is 5.84 Å². The fourth-order valence-corrected chi connectivity index (χ4v) is 1.27. The Morgan fingerprint density at radius 3 is 2.87 bits per heavy atom. The molecule has 0 radical (unpaired) electrons. The molecule has 0 heterocycles. The fraction of sp³-hybridized carbons (Fsp3) is 0.364. The van der Waals surface area contributed by atoms with Crippen molar-refractivity contribution in [3.8, 4) is 5.75 Å². The van der Waals surface area contributed by atoms with Crippen LogP contribution in [0.15, 0.2) is 24.3 Å². The molecule has 1 aromatic rings. The normalized spacial score (nSPS) is 11.9. The molecule has 1 unspecified atom stereocenters. The molecule has 1 atom stereocenters. The Morgan fingerprint density at radius 1 is 1.60 bits per heavy atom. The quantitative estimate of drug-likeness (QED) is 0.443. The van der Waals surface area contributed by atoms with Crippen LogP contribution in [0.25, 0.3) is 0 Å². The molecule has 0 bridgehead atoms. The lowest BCUT2D eigenvalue weighted by molar-refractivity contribution is -0.128. The number of hydrazine groups is 1. The summed E-state index contributed by atoms with van der Waals surface area (Å²) in [4.78, 5) is 11.3. The molecule has 0 aliphatic rings. The van der Waals surface area contributed by atoms with E-state index in [4.69, 9.17) is 10.6 Å². The Kier molecular flexibility index (Phi) is 4.12. The zero-order valence-corrected chi connectivity index (χ0v) is 8.99. The number of carbonyl (C=O) groups is 1. The van der Waals surface area contributed by atoms with E-state index in [0.29, 0.717) is 12.2 Å². The van der Waals surface area contributed by atoms with Gasteiger partial charge < -0.3 is 4.74 Å². The van der Waals surface area contributed by atoms with Crippen LogP contribution in [-0.2, 0) is 4.79 Å². The van der Waals surface area contributed by atoms with Gasteiger partial charge in [0.05, 0.1) is 0 Å². The third-order valence-electron chi connectivity index (χ3n) is 2.07. The molecule has 0 aliphatic carbocycles. The fourth-order valence-electron chi connectivity index (χ4n) is 1.27. The van der Waals surface area contributed by atoms with Gasteiger partial charge in [-0.1, -0.05) is 19.1 Å². The topological polar surface area (TPSA) is 64.3 Å². The number of amides is 1. The Morgan fingerprint density at radius 2 is 2.33 bits per heavy atom. The highest BCUT2D eigenvalue weighted by Gasteiger charge is 2.16. The summed E-state index contributed by atoms with van der Waals surface area (Å²) in [7, 11) is 0. The van der Waals surface area contributed by atoms with Gasteiger partial charge in [0, 0.05) is 0 Å². The minimum Gasteiger partial charge on any atom is -0.481 e. The first-order chi connectivity index (χ1) is 7.17. The zero-order chi connectivity index (χ0) is 11.3. The molecule has 4 nitrogen and oxygen atoms in total. The van der Waals surface area contributed by atoms with Crippen molar-refractivity contribution in [3.63, 3.8) is 0 Å². The number of carbonyl (C=O) groups excluding carboxylic acids is 1. The van der Waals surface area contributed by atoms with E-state index in [1.807, 2.05) is 38.1 Å². The smallest absolute Gasteiger partial charge is 0.274 e. The van der Waals surface area contributed by atoms with E-state index in [1.54, 1.807) is 0 Å². The molecule has 4 heteroatoms. The summed E-state index contributed by atoms with van der Waals surface area (Å²) in [6.45, 7) is 3.84. The second kappa shape index (κ2) is 5.36. The molecular formula is C11H16N2O2. The van der Waals surface area contributed by atoms with Crippen LogP contribution in [-0.4, -0.2) is 12.0 Å². The molecule has 0 saturated carbocycles. The maximum atomic E-state index is 11.3. The van der Waals surface area contributed by atoms with Crippen molar-refractivity contribution in [3.05, 3.63) is 29.8 Å². The first-order valence-electron chi connectivity index (χ1n) is 4.91. The maximum absolute atomic E-state index is 11.3. The van der Waals surface area contributed by atoms with Gasteiger partial charge in [0.25, 0.3) is 5.91 Å². The van der Waals surface area contributed by atoms with Gasteiger partial charge in [-0.3, -0.25) is 10.2 Å². The molecule has 1 aromatic carbocycles. The van der Waals surface area contributed by atoms with Crippen LogP contribution in [0, 0.1) is 6.92 Å².